The van der Waals surface area contributed by atoms with Crippen LogP contribution < -0.4 is 15.4 Å². The van der Waals surface area contributed by atoms with Crippen LogP contribution in [-0.2, 0) is 0 Å². The van der Waals surface area contributed by atoms with E-state index in [-0.39, 0.29) is 6.10 Å². The Bertz CT molecular complexity index is 630. The molecule has 1 aromatic carbocycles. The number of anilines is 3. The summed E-state index contributed by atoms with van der Waals surface area (Å²) < 4.78 is 5.81. The summed E-state index contributed by atoms with van der Waals surface area (Å²) >= 11 is 0. The number of benzene rings is 1. The highest BCUT2D eigenvalue weighted by Crippen LogP contribution is 2.27. The van der Waals surface area contributed by atoms with E-state index in [1.54, 1.807) is 6.20 Å². The highest BCUT2D eigenvalue weighted by Gasteiger charge is 2.07. The van der Waals surface area contributed by atoms with E-state index in [4.69, 9.17) is 4.74 Å². The molecule has 0 aliphatic heterocycles. The predicted molar refractivity (Wildman–Crippen MR) is 99.2 cm³/mol. The lowest BCUT2D eigenvalue weighted by Gasteiger charge is -2.15. The number of nitrogens with one attached hydrogen (secondary N) is 2. The normalized spacial score (nSPS) is 10.9. The molecule has 0 saturated carbocycles. The van der Waals surface area contributed by atoms with Crippen LogP contribution in [0.1, 0.15) is 20.3 Å². The van der Waals surface area contributed by atoms with Crippen molar-refractivity contribution in [2.45, 2.75) is 26.4 Å². The van der Waals surface area contributed by atoms with Gasteiger partial charge in [-0.05, 0) is 59.1 Å². The molecule has 6 nitrogen and oxygen atoms in total. The van der Waals surface area contributed by atoms with Crippen LogP contribution in [0.15, 0.2) is 36.5 Å². The maximum absolute atomic E-state index is 5.81. The third-order valence-electron chi connectivity index (χ3n) is 3.24. The molecule has 130 valence electrons. The second kappa shape index (κ2) is 9.08. The lowest BCUT2D eigenvalue weighted by atomic mass is 10.3. The van der Waals surface area contributed by atoms with E-state index in [1.807, 2.05) is 44.2 Å². The molecule has 0 atom stereocenters. The Morgan fingerprint density at radius 3 is 2.71 bits per heavy atom. The van der Waals surface area contributed by atoms with Gasteiger partial charge in [0, 0.05) is 12.7 Å². The number of rotatable bonds is 9. The van der Waals surface area contributed by atoms with Crippen molar-refractivity contribution in [3.05, 3.63) is 36.5 Å². The first kappa shape index (κ1) is 18.0. The molecule has 1 heterocycles. The number of hydrogen-bond acceptors (Lipinski definition) is 6. The Labute approximate surface area is 144 Å². The molecular weight excluding hydrogens is 302 g/mol. The van der Waals surface area contributed by atoms with Crippen LogP contribution in [0.2, 0.25) is 0 Å². The molecule has 0 unspecified atom stereocenters. The van der Waals surface area contributed by atoms with E-state index < -0.39 is 0 Å². The summed E-state index contributed by atoms with van der Waals surface area (Å²) in [4.78, 5) is 11.0. The number of aromatic nitrogens is 2. The first-order valence-electron chi connectivity index (χ1n) is 8.29. The van der Waals surface area contributed by atoms with Crippen LogP contribution >= 0.6 is 0 Å². The fraction of sp³-hybridized carbons (Fsp3) is 0.444. The first-order valence-corrected chi connectivity index (χ1v) is 8.29. The minimum Gasteiger partial charge on any atom is -0.489 e. The van der Waals surface area contributed by atoms with Gasteiger partial charge in [0.25, 0.3) is 0 Å². The molecule has 2 N–H and O–H groups in total. The average Bonchev–Trinajstić information content (AvgIpc) is 2.53. The number of hydrogen-bond donors (Lipinski definition) is 2. The maximum Gasteiger partial charge on any atom is 0.229 e. The van der Waals surface area contributed by atoms with Crippen molar-refractivity contribution in [3.63, 3.8) is 0 Å². The maximum atomic E-state index is 5.81. The van der Waals surface area contributed by atoms with E-state index in [9.17, 15) is 0 Å². The van der Waals surface area contributed by atoms with Gasteiger partial charge in [-0.15, -0.1) is 0 Å². The van der Waals surface area contributed by atoms with Crippen molar-refractivity contribution in [2.24, 2.45) is 0 Å². The van der Waals surface area contributed by atoms with Crippen LogP contribution in [0.5, 0.6) is 5.75 Å². The third kappa shape index (κ3) is 6.04. The fourth-order valence-electron chi connectivity index (χ4n) is 2.18. The summed E-state index contributed by atoms with van der Waals surface area (Å²) in [5.41, 5.74) is 0.857. The molecule has 6 heteroatoms. The number of nitrogens with zero attached hydrogens (tertiary/aromatic N) is 3. The van der Waals surface area contributed by atoms with Gasteiger partial charge in [0.15, 0.2) is 0 Å². The van der Waals surface area contributed by atoms with Gasteiger partial charge in [0.2, 0.25) is 5.95 Å². The monoisotopic (exact) mass is 329 g/mol. The second-order valence-corrected chi connectivity index (χ2v) is 6.14. The van der Waals surface area contributed by atoms with E-state index in [0.29, 0.717) is 5.95 Å². The highest BCUT2D eigenvalue weighted by molar-refractivity contribution is 5.62. The topological polar surface area (TPSA) is 62.3 Å². The summed E-state index contributed by atoms with van der Waals surface area (Å²) in [5, 5.41) is 6.56. The molecule has 0 bridgehead atoms. The predicted octanol–water partition coefficient (Wildman–Crippen LogP) is 3.37. The molecule has 1 aromatic heterocycles. The van der Waals surface area contributed by atoms with Crippen molar-refractivity contribution in [3.8, 4) is 5.75 Å². The van der Waals surface area contributed by atoms with Crippen LogP contribution in [-0.4, -0.2) is 48.2 Å². The number of ether oxygens (including phenoxy) is 1. The quantitative estimate of drug-likeness (QED) is 0.688. The Morgan fingerprint density at radius 1 is 1.17 bits per heavy atom. The van der Waals surface area contributed by atoms with E-state index in [0.717, 1.165) is 36.8 Å². The fourth-order valence-corrected chi connectivity index (χ4v) is 2.18. The smallest absolute Gasteiger partial charge is 0.229 e. The minimum absolute atomic E-state index is 0.110. The Balaban J connectivity index is 1.99. The largest absolute Gasteiger partial charge is 0.489 e. The lowest BCUT2D eigenvalue weighted by molar-refractivity contribution is 0.244. The molecule has 0 spiro atoms. The molecular formula is C18H27N5O. The zero-order valence-electron chi connectivity index (χ0n) is 14.9. The summed E-state index contributed by atoms with van der Waals surface area (Å²) in [7, 11) is 4.15. The van der Waals surface area contributed by atoms with E-state index in [1.165, 1.54) is 0 Å². The molecule has 24 heavy (non-hydrogen) atoms. The lowest BCUT2D eigenvalue weighted by Crippen LogP contribution is -2.16. The zero-order chi connectivity index (χ0) is 17.4. The summed E-state index contributed by atoms with van der Waals surface area (Å²) in [6.45, 7) is 5.93. The van der Waals surface area contributed by atoms with Gasteiger partial charge in [0.1, 0.15) is 11.6 Å². The first-order chi connectivity index (χ1) is 11.5. The van der Waals surface area contributed by atoms with Crippen LogP contribution in [0, 0.1) is 0 Å². The van der Waals surface area contributed by atoms with Gasteiger partial charge in [-0.3, -0.25) is 0 Å². The van der Waals surface area contributed by atoms with Gasteiger partial charge >= 0.3 is 0 Å². The molecule has 0 amide bonds. The van der Waals surface area contributed by atoms with E-state index >= 15 is 0 Å². The van der Waals surface area contributed by atoms with Gasteiger partial charge < -0.3 is 20.3 Å². The van der Waals surface area contributed by atoms with Crippen molar-refractivity contribution in [1.29, 1.82) is 0 Å². The molecule has 0 aliphatic rings. The third-order valence-corrected chi connectivity index (χ3v) is 3.24. The molecule has 2 rings (SSSR count). The molecule has 0 aliphatic carbocycles. The number of para-hydroxylation sites is 2. The van der Waals surface area contributed by atoms with Crippen LogP contribution in [0.25, 0.3) is 0 Å². The van der Waals surface area contributed by atoms with E-state index in [2.05, 4.69) is 39.6 Å². The highest BCUT2D eigenvalue weighted by atomic mass is 16.5. The minimum atomic E-state index is 0.110. The summed E-state index contributed by atoms with van der Waals surface area (Å²) in [5.74, 6) is 2.15. The molecule has 0 fully saturated rings. The zero-order valence-corrected chi connectivity index (χ0v) is 14.9. The summed E-state index contributed by atoms with van der Waals surface area (Å²) in [6, 6.07) is 9.67. The summed E-state index contributed by atoms with van der Waals surface area (Å²) in [6.07, 6.45) is 2.92. The standard InChI is InChI=1S/C18H27N5O/c1-14(2)24-16-9-6-5-8-15(16)21-18-20-12-10-17(22-18)19-11-7-13-23(3)4/h5-6,8-10,12,14H,7,11,13H2,1-4H3,(H2,19,20,21,22). The Morgan fingerprint density at radius 2 is 1.96 bits per heavy atom. The van der Waals surface area contributed by atoms with Crippen molar-refractivity contribution in [2.75, 3.05) is 37.8 Å². The molecule has 2 aromatic rings. The average molecular weight is 329 g/mol. The van der Waals surface area contributed by atoms with Crippen molar-refractivity contribution in [1.82, 2.24) is 14.9 Å². The van der Waals surface area contributed by atoms with Gasteiger partial charge in [-0.1, -0.05) is 12.1 Å². The Kier molecular flexibility index (Phi) is 6.81. The van der Waals surface area contributed by atoms with Crippen molar-refractivity contribution >= 4 is 17.5 Å². The van der Waals surface area contributed by atoms with Gasteiger partial charge in [-0.2, -0.15) is 4.98 Å². The van der Waals surface area contributed by atoms with Crippen LogP contribution in [0.4, 0.5) is 17.5 Å². The van der Waals surface area contributed by atoms with Crippen molar-refractivity contribution < 1.29 is 4.74 Å². The Hall–Kier alpha value is -2.34. The van der Waals surface area contributed by atoms with Gasteiger partial charge in [-0.25, -0.2) is 4.98 Å². The van der Waals surface area contributed by atoms with Gasteiger partial charge in [0.05, 0.1) is 11.8 Å². The second-order valence-electron chi connectivity index (χ2n) is 6.14. The SMILES string of the molecule is CC(C)Oc1ccccc1Nc1nccc(NCCCN(C)C)n1. The van der Waals surface area contributed by atoms with Crippen LogP contribution in [0.3, 0.4) is 0 Å². The molecule has 0 radical (unpaired) electrons. The molecule has 0 saturated heterocycles.